The summed E-state index contributed by atoms with van der Waals surface area (Å²) in [6.07, 6.45) is 11.1. The van der Waals surface area contributed by atoms with Crippen LogP contribution in [0.4, 0.5) is 64.7 Å². The summed E-state index contributed by atoms with van der Waals surface area (Å²) in [5.41, 5.74) is 18.5. The van der Waals surface area contributed by atoms with Gasteiger partial charge in [0.15, 0.2) is 11.6 Å². The monoisotopic (exact) mass is 1840 g/mol. The van der Waals surface area contributed by atoms with Crippen molar-refractivity contribution < 1.29 is 50.6 Å². The van der Waals surface area contributed by atoms with E-state index in [1.165, 1.54) is 77.1 Å². The molecule has 0 bridgehead atoms. The normalized spacial score (nSPS) is 12.5. The number of aromatic nitrogens is 15. The van der Waals surface area contributed by atoms with Gasteiger partial charge in [-0.25, -0.2) is 111 Å². The van der Waals surface area contributed by atoms with Crippen LogP contribution in [0.5, 0.6) is 0 Å². The summed E-state index contributed by atoms with van der Waals surface area (Å²) in [5, 5.41) is 14.6. The van der Waals surface area contributed by atoms with Crippen LogP contribution in [0, 0.1) is 56.8 Å². The summed E-state index contributed by atoms with van der Waals surface area (Å²) >= 11 is 0. The average Bonchev–Trinajstić information content (AvgIpc) is 0.781. The lowest BCUT2D eigenvalue weighted by Gasteiger charge is -2.32. The Hall–Kier alpha value is -16.7. The minimum atomic E-state index is -0.677. The number of aryl methyl sites for hydroxylation is 4. The van der Waals surface area contributed by atoms with Crippen LogP contribution in [-0.2, 0) is 16.0 Å². The van der Waals surface area contributed by atoms with Crippen LogP contribution in [0.25, 0.3) is 133 Å². The Morgan fingerprint density at radius 2 is 0.781 bits per heavy atom. The van der Waals surface area contributed by atoms with Crippen molar-refractivity contribution in [3.63, 3.8) is 0 Å². The molecule has 0 saturated carbocycles. The topological polar surface area (TPSA) is 344 Å². The van der Waals surface area contributed by atoms with Crippen LogP contribution in [0.1, 0.15) is 28.5 Å². The molecule has 0 aliphatic carbocycles. The zero-order chi connectivity index (χ0) is 95.8. The number of piperazine rings is 1. The lowest BCUT2D eigenvalue weighted by molar-refractivity contribution is 0.0564. The number of methoxy groups -OCH3 is 1. The second-order valence-electron chi connectivity index (χ2n) is 32.2. The minimum absolute atomic E-state index is 0.146. The van der Waals surface area contributed by atoms with E-state index in [0.717, 1.165) is 130 Å². The molecule has 690 valence electrons. The maximum absolute atomic E-state index is 15.2. The van der Waals surface area contributed by atoms with Crippen molar-refractivity contribution in [1.29, 1.82) is 0 Å². The molecule has 0 atom stereocenters. The molecule has 2 saturated heterocycles. The Bertz CT molecular complexity index is 7280. The van der Waals surface area contributed by atoms with Crippen molar-refractivity contribution in [2.24, 2.45) is 0 Å². The number of fused-ring (bicyclic) bond motifs is 4. The van der Waals surface area contributed by atoms with Crippen molar-refractivity contribution in [3.8, 4) is 89.5 Å². The highest BCUT2D eigenvalue weighted by atomic mass is 19.1. The van der Waals surface area contributed by atoms with Gasteiger partial charge in [0.2, 0.25) is 11.9 Å². The van der Waals surface area contributed by atoms with E-state index in [-0.39, 0.29) is 53.3 Å². The number of halogens is 5. The summed E-state index contributed by atoms with van der Waals surface area (Å²) in [6, 6.07) is 56.4. The number of ether oxygens (including phenoxy) is 2. The van der Waals surface area contributed by atoms with E-state index in [1.54, 1.807) is 117 Å². The molecular formula is C102H91F5N24O6. The first kappa shape index (κ1) is 93.6. The smallest absolute Gasteiger partial charge is 0.324 e. The number of benzene rings is 8. The number of likely N-dealkylation sites (N-methyl/N-ethyl adjacent to an activating group) is 2. The van der Waals surface area contributed by atoms with Crippen molar-refractivity contribution in [1.82, 2.24) is 99.3 Å². The number of hydrogen-bond donors (Lipinski definition) is 4. The molecule has 2 aliphatic rings. The number of morpholine rings is 1. The van der Waals surface area contributed by atoms with Crippen molar-refractivity contribution >= 4 is 91.3 Å². The molecule has 4 N–H and O–H groups in total. The SMILES string of the molecule is COCCN(C)C(=O)Nc1ncc(-c2ccc3ncnc(C)c3c2)c(-c2ccc(F)cc2)n1.Cc1ncnc2ccc(-c3cc(F)c(NC(=O)N4CCOCC4)nc3-c3ccc(F)cc3)cc12.Cc1ncnc2ccc(-c3ccc(NC(=O)N(C)Cc4ccccn4)nc3-c3ccc(F)cc3)cc12.Cc1ncnc2ccc(-c3cnc(NC(=O)N4CCN(C)CC4)nc3-c3ccc(F)cc3)cc12. The van der Waals surface area contributed by atoms with E-state index in [9.17, 15) is 36.7 Å². The van der Waals surface area contributed by atoms with Crippen LogP contribution >= 0.6 is 0 Å². The highest BCUT2D eigenvalue weighted by Crippen LogP contribution is 2.40. The number of nitrogens with zero attached hydrogens (tertiary/aromatic N) is 20. The second kappa shape index (κ2) is 42.9. The Balaban J connectivity index is 0.000000132. The third-order valence-electron chi connectivity index (χ3n) is 22.9. The number of carbonyl (C=O) groups is 4. The average molecular weight is 1840 g/mol. The predicted octanol–water partition coefficient (Wildman–Crippen LogP) is 19.0. The van der Waals surface area contributed by atoms with Gasteiger partial charge in [0.1, 0.15) is 54.4 Å². The molecule has 11 heterocycles. The fraction of sp³-hybridized carbons (Fsp3) is 0.186. The first-order chi connectivity index (χ1) is 66.4. The standard InChI is InChI=1S/C28H23FN6O.C25H21F2N5O2.C25H24FN7O.C24H23FN6O2/c1-18-24-15-20(8-12-25(24)32-17-31-18)23-11-13-26(33-27(23)19-6-9-21(29)10-7-19)34-28(36)35(2)16-22-5-3-4-14-30-22;1-15-19-12-17(4-7-22(19)29-14-28-15)20-13-21(27)24(31-25(33)32-8-10-34-11-9-32)30-23(20)16-2-5-18(26)6-3-16;1-16-20-13-18(5-8-22(20)29-15-28-16)21-14-27-24(30-23(21)17-3-6-19(26)7-4-17)31-25(34)33-11-9-32(2)10-12-33;1-15-19-12-17(6-9-21(19)28-14-27-15)20-13-26-23(30-24(32)31(2)10-11-33-3)29-22(20)16-4-7-18(25)8-5-16/h3-15,17H,16H2,1-2H3,(H,33,34,36);2-7,12-14H,8-11H2,1H3,(H,30,31,33);3-8,13-15H,9-12H2,1-2H3,(H,27,30,31,34);4-9,12-14H,10-11H2,1-3H3,(H,26,29,30,32). The first-order valence-corrected chi connectivity index (χ1v) is 43.6. The zero-order valence-electron chi connectivity index (χ0n) is 75.7. The Labute approximate surface area is 783 Å². The fourth-order valence-corrected chi connectivity index (χ4v) is 15.3. The number of rotatable bonds is 17. The second-order valence-corrected chi connectivity index (χ2v) is 32.2. The summed E-state index contributed by atoms with van der Waals surface area (Å²) in [5.74, 6) is -1.55. The van der Waals surface area contributed by atoms with Gasteiger partial charge in [-0.1, -0.05) is 30.3 Å². The molecule has 35 heteroatoms. The number of carbonyl (C=O) groups excluding carboxylic acids is 4. The van der Waals surface area contributed by atoms with Gasteiger partial charge in [-0.3, -0.25) is 26.3 Å². The first-order valence-electron chi connectivity index (χ1n) is 43.6. The fourth-order valence-electron chi connectivity index (χ4n) is 15.3. The van der Waals surface area contributed by atoms with Gasteiger partial charge in [-0.2, -0.15) is 0 Å². The van der Waals surface area contributed by atoms with E-state index >= 15 is 4.39 Å². The molecule has 8 aromatic carbocycles. The van der Waals surface area contributed by atoms with Crippen LogP contribution in [0.15, 0.2) is 250 Å². The highest BCUT2D eigenvalue weighted by molar-refractivity contribution is 5.97. The van der Waals surface area contributed by atoms with E-state index in [1.807, 2.05) is 132 Å². The van der Waals surface area contributed by atoms with Crippen LogP contribution < -0.4 is 21.3 Å². The van der Waals surface area contributed by atoms with Gasteiger partial charge in [0, 0.05) is 174 Å². The Kier molecular flexibility index (Phi) is 29.3. The van der Waals surface area contributed by atoms with Crippen molar-refractivity contribution in [3.05, 3.63) is 308 Å². The zero-order valence-corrected chi connectivity index (χ0v) is 75.7. The molecule has 137 heavy (non-hydrogen) atoms. The number of urea groups is 4. The minimum Gasteiger partial charge on any atom is -0.383 e. The van der Waals surface area contributed by atoms with Crippen LogP contribution in [-0.4, -0.2) is 217 Å². The molecule has 8 amide bonds. The lowest BCUT2D eigenvalue weighted by atomic mass is 9.97. The Morgan fingerprint density at radius 1 is 0.387 bits per heavy atom. The highest BCUT2D eigenvalue weighted by Gasteiger charge is 2.27. The van der Waals surface area contributed by atoms with E-state index < -0.39 is 17.7 Å². The molecular weight excluding hydrogens is 1750 g/mol. The van der Waals surface area contributed by atoms with E-state index in [2.05, 4.69) is 95.9 Å². The molecule has 2 aliphatic heterocycles. The quantitative estimate of drug-likeness (QED) is 0.0615. The number of anilines is 4. The third kappa shape index (κ3) is 22.8. The van der Waals surface area contributed by atoms with Gasteiger partial charge < -0.3 is 34.0 Å². The maximum atomic E-state index is 15.2. The van der Waals surface area contributed by atoms with Gasteiger partial charge in [0.05, 0.1) is 76.9 Å². The van der Waals surface area contributed by atoms with Crippen LogP contribution in [0.2, 0.25) is 0 Å². The summed E-state index contributed by atoms with van der Waals surface area (Å²) in [6.45, 7) is 13.4. The number of nitrogens with one attached hydrogen (secondary N) is 4. The molecule has 0 unspecified atom stereocenters. The van der Waals surface area contributed by atoms with Gasteiger partial charge >= 0.3 is 24.1 Å². The van der Waals surface area contributed by atoms with Crippen molar-refractivity contribution in [2.75, 3.05) is 115 Å². The summed E-state index contributed by atoms with van der Waals surface area (Å²) in [7, 11) is 6.96. The van der Waals surface area contributed by atoms with Gasteiger partial charge in [-0.05, 0) is 233 Å². The number of pyridine rings is 3. The van der Waals surface area contributed by atoms with E-state index in [0.29, 0.717) is 110 Å². The molecule has 19 rings (SSSR count). The Morgan fingerprint density at radius 3 is 1.22 bits per heavy atom. The molecule has 0 radical (unpaired) electrons. The summed E-state index contributed by atoms with van der Waals surface area (Å²) in [4.78, 5) is 125. The van der Waals surface area contributed by atoms with Gasteiger partial charge in [-0.15, -0.1) is 0 Å². The number of amides is 8. The lowest BCUT2D eigenvalue weighted by Crippen LogP contribution is -2.48. The predicted molar refractivity (Wildman–Crippen MR) is 515 cm³/mol. The molecule has 17 aromatic rings. The van der Waals surface area contributed by atoms with E-state index in [4.69, 9.17) is 14.5 Å². The third-order valence-corrected chi connectivity index (χ3v) is 22.9. The summed E-state index contributed by atoms with van der Waals surface area (Å²) < 4.78 is 79.9. The number of hydrogen-bond acceptors (Lipinski definition) is 22. The maximum Gasteiger partial charge on any atom is 0.324 e. The molecule has 9 aromatic heterocycles. The largest absolute Gasteiger partial charge is 0.383 e. The molecule has 30 nitrogen and oxygen atoms in total. The molecule has 2 fully saturated rings. The van der Waals surface area contributed by atoms with Crippen molar-refractivity contribution in [2.45, 2.75) is 34.2 Å². The molecule has 0 spiro atoms. The van der Waals surface area contributed by atoms with Gasteiger partial charge in [0.25, 0.3) is 0 Å². The van der Waals surface area contributed by atoms with Crippen LogP contribution in [0.3, 0.4) is 0 Å².